The Kier molecular flexibility index (Phi) is 7.62. The van der Waals surface area contributed by atoms with Crippen molar-refractivity contribution in [3.63, 3.8) is 0 Å². The van der Waals surface area contributed by atoms with Crippen LogP contribution >= 0.6 is 0 Å². The van der Waals surface area contributed by atoms with Gasteiger partial charge in [-0.3, -0.25) is 4.98 Å². The third-order valence-electron chi connectivity index (χ3n) is 2.96. The van der Waals surface area contributed by atoms with E-state index in [0.29, 0.717) is 0 Å². The summed E-state index contributed by atoms with van der Waals surface area (Å²) < 4.78 is 0. The van der Waals surface area contributed by atoms with Gasteiger partial charge >= 0.3 is 0 Å². The van der Waals surface area contributed by atoms with Crippen LogP contribution in [0.1, 0.15) is 27.7 Å². The normalized spacial score (nSPS) is 9.14. The molecule has 0 N–H and O–H groups in total. The fraction of sp³-hybridized carbons (Fsp3) is 0.263. The minimum atomic E-state index is 0.912. The van der Waals surface area contributed by atoms with Crippen molar-refractivity contribution in [2.45, 2.75) is 27.7 Å². The Bertz CT molecular complexity index is 666. The van der Waals surface area contributed by atoms with Crippen molar-refractivity contribution in [1.82, 2.24) is 9.97 Å². The highest BCUT2D eigenvalue weighted by molar-refractivity contribution is 5.82. The molecule has 2 heterocycles. The second-order valence-corrected chi connectivity index (χ2v) is 4.13. The lowest BCUT2D eigenvalue weighted by Crippen LogP contribution is -2.10. The Balaban J connectivity index is 0.000000561. The van der Waals surface area contributed by atoms with Gasteiger partial charge in [-0.15, -0.1) is 0 Å². The van der Waals surface area contributed by atoms with Crippen molar-refractivity contribution >= 4 is 22.4 Å². The second kappa shape index (κ2) is 9.50. The zero-order valence-corrected chi connectivity index (χ0v) is 14.1. The number of nitrogens with zero attached hydrogens (tertiary/aromatic N) is 3. The van der Waals surface area contributed by atoms with Gasteiger partial charge in [0.15, 0.2) is 0 Å². The van der Waals surface area contributed by atoms with Gasteiger partial charge in [0.05, 0.1) is 17.4 Å². The van der Waals surface area contributed by atoms with Crippen LogP contribution in [0.5, 0.6) is 0 Å². The molecule has 116 valence electrons. The van der Waals surface area contributed by atoms with E-state index in [1.165, 1.54) is 0 Å². The number of para-hydroxylation sites is 1. The molecule has 0 atom stereocenters. The second-order valence-electron chi connectivity index (χ2n) is 4.13. The van der Waals surface area contributed by atoms with E-state index in [0.717, 1.165) is 22.4 Å². The molecule has 0 aliphatic rings. The molecule has 3 nitrogen and oxygen atoms in total. The van der Waals surface area contributed by atoms with Gasteiger partial charge in [-0.25, -0.2) is 4.98 Å². The molecule has 22 heavy (non-hydrogen) atoms. The van der Waals surface area contributed by atoms with E-state index in [4.69, 9.17) is 0 Å². The number of hydrogen-bond acceptors (Lipinski definition) is 3. The Morgan fingerprint density at radius 3 is 2.18 bits per heavy atom. The van der Waals surface area contributed by atoms with Crippen LogP contribution in [-0.2, 0) is 0 Å². The number of fused-ring (bicyclic) bond motifs is 1. The van der Waals surface area contributed by atoms with Gasteiger partial charge in [-0.05, 0) is 24.3 Å². The first-order valence-electron chi connectivity index (χ1n) is 7.84. The number of pyridine rings is 2. The Morgan fingerprint density at radius 1 is 0.818 bits per heavy atom. The quantitative estimate of drug-likeness (QED) is 0.629. The molecule has 0 bridgehead atoms. The number of hydrogen-bond donors (Lipinski definition) is 0. The third kappa shape index (κ3) is 4.29. The molecule has 2 aromatic heterocycles. The first kappa shape index (κ1) is 17.6. The average molecular weight is 295 g/mol. The van der Waals surface area contributed by atoms with E-state index in [-0.39, 0.29) is 0 Å². The number of rotatable bonds is 2. The van der Waals surface area contributed by atoms with Crippen LogP contribution in [0.15, 0.2) is 60.9 Å². The summed E-state index contributed by atoms with van der Waals surface area (Å²) in [7, 11) is 1.99. The molecule has 3 rings (SSSR count). The zero-order chi connectivity index (χ0) is 16.4. The Morgan fingerprint density at radius 2 is 1.50 bits per heavy atom. The summed E-state index contributed by atoms with van der Waals surface area (Å²) >= 11 is 0. The van der Waals surface area contributed by atoms with Gasteiger partial charge in [0.1, 0.15) is 5.82 Å². The van der Waals surface area contributed by atoms with Gasteiger partial charge in [0, 0.05) is 18.6 Å². The topological polar surface area (TPSA) is 29.0 Å². The molecule has 3 heteroatoms. The summed E-state index contributed by atoms with van der Waals surface area (Å²) in [5, 5.41) is 1.14. The van der Waals surface area contributed by atoms with Gasteiger partial charge in [-0.2, -0.15) is 0 Å². The molecule has 0 amide bonds. The predicted octanol–water partition coefficient (Wildman–Crippen LogP) is 5.45. The molecular formula is C19H25N3. The lowest BCUT2D eigenvalue weighted by Gasteiger charge is -2.18. The minimum Gasteiger partial charge on any atom is -0.328 e. The highest BCUT2D eigenvalue weighted by Gasteiger charge is 2.05. The fourth-order valence-electron chi connectivity index (χ4n) is 1.93. The molecular weight excluding hydrogens is 270 g/mol. The number of benzene rings is 1. The standard InChI is InChI=1S/C15H13N3.2C2H6/c1-18(15-8-4-5-9-16-15)13-10-12-6-2-3-7-14(12)17-11-13;2*1-2/h2-11H,1H3;2*1-2H3. The largest absolute Gasteiger partial charge is 0.328 e. The van der Waals surface area contributed by atoms with Gasteiger partial charge in [0.25, 0.3) is 0 Å². The first-order chi connectivity index (χ1) is 10.8. The maximum absolute atomic E-state index is 4.46. The van der Waals surface area contributed by atoms with E-state index in [1.54, 1.807) is 6.20 Å². The molecule has 0 fully saturated rings. The summed E-state index contributed by atoms with van der Waals surface area (Å²) in [6.07, 6.45) is 3.66. The number of anilines is 2. The molecule has 0 saturated carbocycles. The van der Waals surface area contributed by atoms with Crippen LogP contribution in [0, 0.1) is 0 Å². The van der Waals surface area contributed by atoms with E-state index < -0.39 is 0 Å². The lowest BCUT2D eigenvalue weighted by atomic mass is 10.2. The molecule has 0 spiro atoms. The van der Waals surface area contributed by atoms with Gasteiger partial charge in [0.2, 0.25) is 0 Å². The molecule has 1 aromatic carbocycles. The zero-order valence-electron chi connectivity index (χ0n) is 14.1. The van der Waals surface area contributed by atoms with Crippen LogP contribution < -0.4 is 4.90 Å². The van der Waals surface area contributed by atoms with Crippen LogP contribution in [0.4, 0.5) is 11.5 Å². The maximum Gasteiger partial charge on any atom is 0.132 e. The van der Waals surface area contributed by atoms with Crippen LogP contribution in [0.3, 0.4) is 0 Å². The molecule has 3 aromatic rings. The van der Waals surface area contributed by atoms with Gasteiger partial charge < -0.3 is 4.90 Å². The highest BCUT2D eigenvalue weighted by atomic mass is 15.2. The summed E-state index contributed by atoms with van der Waals surface area (Å²) in [5.74, 6) is 0.912. The highest BCUT2D eigenvalue weighted by Crippen LogP contribution is 2.23. The van der Waals surface area contributed by atoms with Crippen LogP contribution in [0.2, 0.25) is 0 Å². The third-order valence-corrected chi connectivity index (χ3v) is 2.96. The summed E-state index contributed by atoms with van der Waals surface area (Å²) in [6, 6.07) is 16.1. The smallest absolute Gasteiger partial charge is 0.132 e. The Hall–Kier alpha value is -2.42. The van der Waals surface area contributed by atoms with Crippen molar-refractivity contribution in [2.24, 2.45) is 0 Å². The van der Waals surface area contributed by atoms with E-state index >= 15 is 0 Å². The average Bonchev–Trinajstić information content (AvgIpc) is 2.65. The first-order valence-corrected chi connectivity index (χ1v) is 7.84. The Labute approximate surface area is 133 Å². The van der Waals surface area contributed by atoms with E-state index in [2.05, 4.69) is 22.1 Å². The minimum absolute atomic E-state index is 0.912. The molecule has 0 aliphatic carbocycles. The summed E-state index contributed by atoms with van der Waals surface area (Å²) in [6.45, 7) is 8.00. The van der Waals surface area contributed by atoms with Crippen LogP contribution in [-0.4, -0.2) is 17.0 Å². The monoisotopic (exact) mass is 295 g/mol. The van der Waals surface area contributed by atoms with E-state index in [1.807, 2.05) is 82.2 Å². The molecule has 0 saturated heterocycles. The van der Waals surface area contributed by atoms with Crippen molar-refractivity contribution in [2.75, 3.05) is 11.9 Å². The molecule has 0 radical (unpaired) electrons. The molecule has 0 unspecified atom stereocenters. The van der Waals surface area contributed by atoms with Gasteiger partial charge in [-0.1, -0.05) is 52.0 Å². The molecule has 0 aliphatic heterocycles. The SMILES string of the molecule is CC.CC.CN(c1cnc2ccccc2c1)c1ccccn1. The summed E-state index contributed by atoms with van der Waals surface area (Å²) in [5.41, 5.74) is 2.04. The fourth-order valence-corrected chi connectivity index (χ4v) is 1.93. The lowest BCUT2D eigenvalue weighted by molar-refractivity contribution is 1.12. The summed E-state index contributed by atoms with van der Waals surface area (Å²) in [4.78, 5) is 10.8. The van der Waals surface area contributed by atoms with Crippen molar-refractivity contribution < 1.29 is 0 Å². The van der Waals surface area contributed by atoms with Crippen molar-refractivity contribution in [3.8, 4) is 0 Å². The van der Waals surface area contributed by atoms with Crippen LogP contribution in [0.25, 0.3) is 10.9 Å². The predicted molar refractivity (Wildman–Crippen MR) is 96.7 cm³/mol. The van der Waals surface area contributed by atoms with E-state index in [9.17, 15) is 0 Å². The van der Waals surface area contributed by atoms with Crippen molar-refractivity contribution in [3.05, 3.63) is 60.9 Å². The van der Waals surface area contributed by atoms with Crippen molar-refractivity contribution in [1.29, 1.82) is 0 Å². The number of aromatic nitrogens is 2. The maximum atomic E-state index is 4.46.